The fourth-order valence-electron chi connectivity index (χ4n) is 2.72. The predicted octanol–water partition coefficient (Wildman–Crippen LogP) is 5.35. The molecule has 0 fully saturated rings. The maximum atomic E-state index is 4.62. The van der Waals surface area contributed by atoms with Crippen molar-refractivity contribution in [3.8, 4) is 11.3 Å². The number of anilines is 1. The molecule has 4 nitrogen and oxygen atoms in total. The van der Waals surface area contributed by atoms with Crippen LogP contribution in [0.5, 0.6) is 0 Å². The molecule has 2 aromatic heterocycles. The molecule has 0 amide bonds. The first-order valence-electron chi connectivity index (χ1n) is 8.09. The van der Waals surface area contributed by atoms with Crippen LogP contribution < -0.4 is 5.43 Å². The van der Waals surface area contributed by atoms with Gasteiger partial charge in [-0.25, -0.2) is 4.98 Å². The smallest absolute Gasteiger partial charge is 0.203 e. The molecule has 2 aromatic carbocycles. The molecule has 0 spiro atoms. The van der Waals surface area contributed by atoms with Crippen LogP contribution in [-0.2, 0) is 0 Å². The van der Waals surface area contributed by atoms with Crippen molar-refractivity contribution >= 4 is 33.6 Å². The Morgan fingerprint density at radius 3 is 2.88 bits per heavy atom. The number of aryl methyl sites for hydroxylation is 2. The third kappa shape index (κ3) is 3.19. The van der Waals surface area contributed by atoms with Crippen LogP contribution in [0.4, 0.5) is 5.13 Å². The molecular formula is C20H18N4S. The highest BCUT2D eigenvalue weighted by atomic mass is 32.1. The molecule has 124 valence electrons. The third-order valence-electron chi connectivity index (χ3n) is 4.29. The summed E-state index contributed by atoms with van der Waals surface area (Å²) in [6.45, 7) is 4.24. The van der Waals surface area contributed by atoms with Crippen molar-refractivity contribution in [1.82, 2.24) is 9.97 Å². The minimum Gasteiger partial charge on any atom is -0.361 e. The van der Waals surface area contributed by atoms with Gasteiger partial charge in [-0.05, 0) is 37.1 Å². The SMILES string of the molecule is Cc1ccc(-c2csc(N/N=C\c3c[nH]c4ccccc34)n2)cc1C. The second kappa shape index (κ2) is 6.53. The summed E-state index contributed by atoms with van der Waals surface area (Å²) in [4.78, 5) is 7.86. The molecule has 0 aliphatic rings. The minimum atomic E-state index is 0.782. The number of H-pyrrole nitrogens is 1. The molecule has 25 heavy (non-hydrogen) atoms. The van der Waals surface area contributed by atoms with Gasteiger partial charge in [-0.2, -0.15) is 5.10 Å². The van der Waals surface area contributed by atoms with Crippen molar-refractivity contribution < 1.29 is 0 Å². The second-order valence-electron chi connectivity index (χ2n) is 6.00. The van der Waals surface area contributed by atoms with E-state index in [0.717, 1.165) is 32.9 Å². The number of hydrogen-bond donors (Lipinski definition) is 2. The molecule has 0 saturated heterocycles. The van der Waals surface area contributed by atoms with Crippen LogP contribution >= 0.6 is 11.3 Å². The predicted molar refractivity (Wildman–Crippen MR) is 107 cm³/mol. The van der Waals surface area contributed by atoms with E-state index in [1.165, 1.54) is 11.1 Å². The number of nitrogens with zero attached hydrogens (tertiary/aromatic N) is 2. The minimum absolute atomic E-state index is 0.782. The van der Waals surface area contributed by atoms with Gasteiger partial charge in [0.15, 0.2) is 0 Å². The Labute approximate surface area is 150 Å². The van der Waals surface area contributed by atoms with Gasteiger partial charge in [-0.3, -0.25) is 5.43 Å². The Hall–Kier alpha value is -2.92. The van der Waals surface area contributed by atoms with Crippen molar-refractivity contribution in [3.05, 3.63) is 70.7 Å². The van der Waals surface area contributed by atoms with Gasteiger partial charge in [0.1, 0.15) is 0 Å². The van der Waals surface area contributed by atoms with E-state index < -0.39 is 0 Å². The molecule has 0 bridgehead atoms. The van der Waals surface area contributed by atoms with Gasteiger partial charge in [-0.15, -0.1) is 11.3 Å². The van der Waals surface area contributed by atoms with Crippen LogP contribution in [0.3, 0.4) is 0 Å². The van der Waals surface area contributed by atoms with Gasteiger partial charge in [-0.1, -0.05) is 30.3 Å². The van der Waals surface area contributed by atoms with E-state index in [9.17, 15) is 0 Å². The van der Waals surface area contributed by atoms with Gasteiger partial charge in [0.25, 0.3) is 0 Å². The number of aromatic amines is 1. The van der Waals surface area contributed by atoms with E-state index in [0.29, 0.717) is 0 Å². The van der Waals surface area contributed by atoms with Gasteiger partial charge >= 0.3 is 0 Å². The van der Waals surface area contributed by atoms with Crippen LogP contribution in [-0.4, -0.2) is 16.2 Å². The Balaban J connectivity index is 1.50. The average Bonchev–Trinajstić information content (AvgIpc) is 3.25. The summed E-state index contributed by atoms with van der Waals surface area (Å²) in [5.41, 5.74) is 9.85. The molecule has 2 heterocycles. The first kappa shape index (κ1) is 15.6. The van der Waals surface area contributed by atoms with Gasteiger partial charge in [0.2, 0.25) is 5.13 Å². The van der Waals surface area contributed by atoms with E-state index in [4.69, 9.17) is 0 Å². The fourth-order valence-corrected chi connectivity index (χ4v) is 3.38. The summed E-state index contributed by atoms with van der Waals surface area (Å²) >= 11 is 1.55. The number of aromatic nitrogens is 2. The fraction of sp³-hybridized carbons (Fsp3) is 0.100. The number of hydrazone groups is 1. The topological polar surface area (TPSA) is 53.1 Å². The number of rotatable bonds is 4. The quantitative estimate of drug-likeness (QED) is 0.386. The maximum Gasteiger partial charge on any atom is 0.203 e. The lowest BCUT2D eigenvalue weighted by Crippen LogP contribution is -1.90. The molecule has 5 heteroatoms. The van der Waals surface area contributed by atoms with E-state index in [2.05, 4.69) is 64.7 Å². The lowest BCUT2D eigenvalue weighted by atomic mass is 10.1. The Morgan fingerprint density at radius 1 is 1.12 bits per heavy atom. The van der Waals surface area contributed by atoms with Crippen LogP contribution in [0.15, 0.2) is 59.1 Å². The molecule has 0 aliphatic heterocycles. The third-order valence-corrected chi connectivity index (χ3v) is 5.04. The molecule has 0 atom stereocenters. The van der Waals surface area contributed by atoms with Crippen molar-refractivity contribution in [2.75, 3.05) is 5.43 Å². The van der Waals surface area contributed by atoms with Crippen molar-refractivity contribution in [2.45, 2.75) is 13.8 Å². The number of hydrogen-bond acceptors (Lipinski definition) is 4. The number of nitrogens with one attached hydrogen (secondary N) is 2. The zero-order valence-corrected chi connectivity index (χ0v) is 14.9. The van der Waals surface area contributed by atoms with Crippen molar-refractivity contribution in [1.29, 1.82) is 0 Å². The zero-order valence-electron chi connectivity index (χ0n) is 14.1. The highest BCUT2D eigenvalue weighted by Crippen LogP contribution is 2.26. The second-order valence-corrected chi connectivity index (χ2v) is 6.85. The molecule has 0 radical (unpaired) electrons. The largest absolute Gasteiger partial charge is 0.361 e. The molecule has 4 rings (SSSR count). The Morgan fingerprint density at radius 2 is 2.00 bits per heavy atom. The van der Waals surface area contributed by atoms with Crippen LogP contribution in [0, 0.1) is 13.8 Å². The van der Waals surface area contributed by atoms with Gasteiger partial charge < -0.3 is 4.98 Å². The molecule has 2 N–H and O–H groups in total. The van der Waals surface area contributed by atoms with Crippen LogP contribution in [0.25, 0.3) is 22.2 Å². The summed E-state index contributed by atoms with van der Waals surface area (Å²) in [5, 5.41) is 8.31. The summed E-state index contributed by atoms with van der Waals surface area (Å²) in [7, 11) is 0. The number of benzene rings is 2. The maximum absolute atomic E-state index is 4.62. The monoisotopic (exact) mass is 346 g/mol. The van der Waals surface area contributed by atoms with Gasteiger partial charge in [0, 0.05) is 33.6 Å². The van der Waals surface area contributed by atoms with Crippen molar-refractivity contribution in [2.24, 2.45) is 5.10 Å². The highest BCUT2D eigenvalue weighted by molar-refractivity contribution is 7.14. The summed E-state index contributed by atoms with van der Waals surface area (Å²) in [5.74, 6) is 0. The van der Waals surface area contributed by atoms with Crippen molar-refractivity contribution in [3.63, 3.8) is 0 Å². The van der Waals surface area contributed by atoms with E-state index in [1.807, 2.05) is 29.9 Å². The number of para-hydroxylation sites is 1. The average molecular weight is 346 g/mol. The number of fused-ring (bicyclic) bond motifs is 1. The zero-order chi connectivity index (χ0) is 17.2. The Bertz CT molecular complexity index is 1060. The molecular weight excluding hydrogens is 328 g/mol. The molecule has 0 unspecified atom stereocenters. The van der Waals surface area contributed by atoms with E-state index in [1.54, 1.807) is 11.3 Å². The first-order valence-corrected chi connectivity index (χ1v) is 8.97. The normalized spacial score (nSPS) is 11.4. The van der Waals surface area contributed by atoms with Crippen LogP contribution in [0.1, 0.15) is 16.7 Å². The van der Waals surface area contributed by atoms with Gasteiger partial charge in [0.05, 0.1) is 11.9 Å². The summed E-state index contributed by atoms with van der Waals surface area (Å²) in [6.07, 6.45) is 3.77. The lowest BCUT2D eigenvalue weighted by Gasteiger charge is -2.02. The highest BCUT2D eigenvalue weighted by Gasteiger charge is 2.05. The Kier molecular flexibility index (Phi) is 4.07. The molecule has 4 aromatic rings. The first-order chi connectivity index (χ1) is 12.2. The lowest BCUT2D eigenvalue weighted by molar-refractivity contribution is 1.28. The summed E-state index contributed by atoms with van der Waals surface area (Å²) in [6, 6.07) is 14.6. The van der Waals surface area contributed by atoms with E-state index >= 15 is 0 Å². The standard InChI is InChI=1S/C20H18N4S/c1-13-7-8-15(9-14(13)2)19-12-25-20(23-19)24-22-11-16-10-21-18-6-4-3-5-17(16)18/h3-12,21H,1-2H3,(H,23,24)/b22-11-. The number of thiazole rings is 1. The molecule has 0 saturated carbocycles. The molecule has 0 aliphatic carbocycles. The van der Waals surface area contributed by atoms with Crippen LogP contribution in [0.2, 0.25) is 0 Å². The van der Waals surface area contributed by atoms with E-state index in [-0.39, 0.29) is 0 Å². The summed E-state index contributed by atoms with van der Waals surface area (Å²) < 4.78 is 0.